The first-order valence-corrected chi connectivity index (χ1v) is 12.9. The highest BCUT2D eigenvalue weighted by Gasteiger charge is 2.47. The number of methoxy groups -OCH3 is 1. The predicted molar refractivity (Wildman–Crippen MR) is 140 cm³/mol. The highest BCUT2D eigenvalue weighted by Crippen LogP contribution is 2.35. The van der Waals surface area contributed by atoms with E-state index in [1.165, 1.54) is 0 Å². The fraction of sp³-hybridized carbons (Fsp3) is 0.419. The standard InChI is InChI=1S/C31H38O5/c1-3-33-23-27-19-28(32-2)30(35-21-25-15-9-5-10-16-25)31(36-22-26-17-11-6-12-18-26)29(27)34-20-24-13-7-4-8-14-24/h4-18,27-31H,3,19-23H2,1-2H3/t27?,28-,29-,30?,31?/m0/s1. The molecule has 3 unspecified atom stereocenters. The lowest BCUT2D eigenvalue weighted by atomic mass is 9.80. The molecule has 0 N–H and O–H groups in total. The van der Waals surface area contributed by atoms with Crippen LogP contribution in [0.2, 0.25) is 0 Å². The second-order valence-electron chi connectivity index (χ2n) is 9.21. The average Bonchev–Trinajstić information content (AvgIpc) is 2.94. The molecule has 36 heavy (non-hydrogen) atoms. The highest BCUT2D eigenvalue weighted by molar-refractivity contribution is 5.16. The molecule has 1 aliphatic carbocycles. The molecule has 0 aliphatic heterocycles. The van der Waals surface area contributed by atoms with Gasteiger partial charge in [0.25, 0.3) is 0 Å². The fourth-order valence-electron chi connectivity index (χ4n) is 4.82. The van der Waals surface area contributed by atoms with Crippen molar-refractivity contribution in [1.29, 1.82) is 0 Å². The molecule has 1 aliphatic rings. The van der Waals surface area contributed by atoms with Gasteiger partial charge in [0.2, 0.25) is 0 Å². The minimum atomic E-state index is -0.318. The van der Waals surface area contributed by atoms with Crippen molar-refractivity contribution in [3.05, 3.63) is 108 Å². The summed E-state index contributed by atoms with van der Waals surface area (Å²) < 4.78 is 31.7. The Hall–Kier alpha value is -2.54. The normalized spacial score (nSPS) is 24.0. The third-order valence-electron chi connectivity index (χ3n) is 6.71. The highest BCUT2D eigenvalue weighted by atomic mass is 16.6. The summed E-state index contributed by atoms with van der Waals surface area (Å²) in [6.07, 6.45) is -0.149. The Kier molecular flexibility index (Phi) is 10.5. The molecule has 5 heteroatoms. The summed E-state index contributed by atoms with van der Waals surface area (Å²) in [5.41, 5.74) is 3.36. The number of hydrogen-bond donors (Lipinski definition) is 0. The van der Waals surface area contributed by atoms with Gasteiger partial charge in [0.15, 0.2) is 0 Å². The van der Waals surface area contributed by atoms with Crippen molar-refractivity contribution in [2.24, 2.45) is 5.92 Å². The van der Waals surface area contributed by atoms with Crippen LogP contribution in [0.1, 0.15) is 30.0 Å². The van der Waals surface area contributed by atoms with Gasteiger partial charge in [-0.3, -0.25) is 0 Å². The summed E-state index contributed by atoms with van der Waals surface area (Å²) in [6.45, 7) is 4.72. The Balaban J connectivity index is 1.58. The quantitative estimate of drug-likeness (QED) is 0.302. The Labute approximate surface area is 215 Å². The van der Waals surface area contributed by atoms with Crippen molar-refractivity contribution in [3.63, 3.8) is 0 Å². The van der Waals surface area contributed by atoms with Crippen LogP contribution in [0.5, 0.6) is 0 Å². The van der Waals surface area contributed by atoms with E-state index in [2.05, 4.69) is 36.4 Å². The Morgan fingerprint density at radius 3 is 1.50 bits per heavy atom. The van der Waals surface area contributed by atoms with Gasteiger partial charge in [0.05, 0.1) is 38.6 Å². The van der Waals surface area contributed by atoms with E-state index >= 15 is 0 Å². The molecule has 0 amide bonds. The van der Waals surface area contributed by atoms with Gasteiger partial charge >= 0.3 is 0 Å². The molecule has 0 radical (unpaired) electrons. The predicted octanol–water partition coefficient (Wildman–Crippen LogP) is 5.81. The minimum Gasteiger partial charge on any atom is -0.381 e. The molecule has 0 aromatic heterocycles. The zero-order chi connectivity index (χ0) is 25.0. The van der Waals surface area contributed by atoms with Crippen LogP contribution in [0.4, 0.5) is 0 Å². The summed E-state index contributed by atoms with van der Waals surface area (Å²) in [6, 6.07) is 30.7. The van der Waals surface area contributed by atoms with E-state index in [1.807, 2.05) is 61.5 Å². The van der Waals surface area contributed by atoms with E-state index in [1.54, 1.807) is 7.11 Å². The van der Waals surface area contributed by atoms with E-state index in [9.17, 15) is 0 Å². The molecule has 0 heterocycles. The lowest BCUT2D eigenvalue weighted by Crippen LogP contribution is -2.58. The van der Waals surface area contributed by atoms with Crippen molar-refractivity contribution in [2.45, 2.75) is 57.6 Å². The number of ether oxygens (including phenoxy) is 5. The molecule has 5 atom stereocenters. The van der Waals surface area contributed by atoms with Crippen LogP contribution in [-0.4, -0.2) is 44.7 Å². The maximum absolute atomic E-state index is 6.63. The van der Waals surface area contributed by atoms with E-state index in [-0.39, 0.29) is 30.3 Å². The molecule has 192 valence electrons. The lowest BCUT2D eigenvalue weighted by molar-refractivity contribution is -0.228. The van der Waals surface area contributed by atoms with Gasteiger partial charge in [0, 0.05) is 19.6 Å². The van der Waals surface area contributed by atoms with Gasteiger partial charge in [-0.2, -0.15) is 0 Å². The summed E-state index contributed by atoms with van der Waals surface area (Å²) in [4.78, 5) is 0. The third-order valence-corrected chi connectivity index (χ3v) is 6.71. The molecule has 3 aromatic rings. The van der Waals surface area contributed by atoms with Crippen molar-refractivity contribution >= 4 is 0 Å². The molecule has 0 spiro atoms. The maximum atomic E-state index is 6.63. The number of benzene rings is 3. The lowest BCUT2D eigenvalue weighted by Gasteiger charge is -2.45. The van der Waals surface area contributed by atoms with Crippen molar-refractivity contribution < 1.29 is 23.7 Å². The first-order valence-electron chi connectivity index (χ1n) is 12.9. The van der Waals surface area contributed by atoms with E-state index in [4.69, 9.17) is 23.7 Å². The topological polar surface area (TPSA) is 46.2 Å². The molecule has 3 aromatic carbocycles. The smallest absolute Gasteiger partial charge is 0.113 e. The van der Waals surface area contributed by atoms with E-state index in [0.29, 0.717) is 33.0 Å². The second-order valence-corrected chi connectivity index (χ2v) is 9.21. The van der Waals surface area contributed by atoms with Crippen LogP contribution in [-0.2, 0) is 43.5 Å². The van der Waals surface area contributed by atoms with Crippen LogP contribution in [0.25, 0.3) is 0 Å². The van der Waals surface area contributed by atoms with Gasteiger partial charge in [-0.15, -0.1) is 0 Å². The van der Waals surface area contributed by atoms with Gasteiger partial charge < -0.3 is 23.7 Å². The van der Waals surface area contributed by atoms with Crippen LogP contribution in [0.3, 0.4) is 0 Å². The summed E-state index contributed by atoms with van der Waals surface area (Å²) in [5, 5.41) is 0. The summed E-state index contributed by atoms with van der Waals surface area (Å²) in [7, 11) is 1.75. The monoisotopic (exact) mass is 490 g/mol. The van der Waals surface area contributed by atoms with Crippen molar-refractivity contribution in [1.82, 2.24) is 0 Å². The number of hydrogen-bond acceptors (Lipinski definition) is 5. The maximum Gasteiger partial charge on any atom is 0.113 e. The largest absolute Gasteiger partial charge is 0.381 e. The first kappa shape index (κ1) is 26.5. The van der Waals surface area contributed by atoms with E-state index < -0.39 is 0 Å². The molecule has 1 fully saturated rings. The summed E-state index contributed by atoms with van der Waals surface area (Å²) in [5.74, 6) is 0.121. The zero-order valence-electron chi connectivity index (χ0n) is 21.3. The van der Waals surface area contributed by atoms with Crippen LogP contribution >= 0.6 is 0 Å². The zero-order valence-corrected chi connectivity index (χ0v) is 21.3. The molecule has 1 saturated carbocycles. The van der Waals surface area contributed by atoms with Gasteiger partial charge in [0.1, 0.15) is 12.2 Å². The van der Waals surface area contributed by atoms with Gasteiger partial charge in [-0.25, -0.2) is 0 Å². The molecular formula is C31H38O5. The second kappa shape index (κ2) is 14.3. The van der Waals surface area contributed by atoms with E-state index in [0.717, 1.165) is 23.1 Å². The van der Waals surface area contributed by atoms with Crippen molar-refractivity contribution in [2.75, 3.05) is 20.3 Å². The van der Waals surface area contributed by atoms with Gasteiger partial charge in [-0.1, -0.05) is 91.0 Å². The van der Waals surface area contributed by atoms with Crippen molar-refractivity contribution in [3.8, 4) is 0 Å². The molecule has 4 rings (SSSR count). The average molecular weight is 491 g/mol. The third kappa shape index (κ3) is 7.48. The number of rotatable bonds is 13. The first-order chi connectivity index (χ1) is 17.8. The Morgan fingerprint density at radius 2 is 1.06 bits per heavy atom. The van der Waals surface area contributed by atoms with Crippen LogP contribution in [0.15, 0.2) is 91.0 Å². The molecule has 0 saturated heterocycles. The van der Waals surface area contributed by atoms with Crippen LogP contribution in [0, 0.1) is 5.92 Å². The fourth-order valence-corrected chi connectivity index (χ4v) is 4.82. The summed E-state index contributed by atoms with van der Waals surface area (Å²) >= 11 is 0. The van der Waals surface area contributed by atoms with Crippen LogP contribution < -0.4 is 0 Å². The van der Waals surface area contributed by atoms with Gasteiger partial charge in [-0.05, 0) is 30.0 Å². The molecular weight excluding hydrogens is 452 g/mol. The SMILES string of the molecule is CCOCC1C[C@H](OC)C(OCc2ccccc2)C(OCc2ccccc2)[C@H]1OCc1ccccc1. The molecule has 0 bridgehead atoms. The Morgan fingerprint density at radius 1 is 0.611 bits per heavy atom. The molecule has 5 nitrogen and oxygen atoms in total. The Bertz CT molecular complexity index is 982. The minimum absolute atomic E-state index is 0.121.